The van der Waals surface area contributed by atoms with Crippen molar-refractivity contribution in [3.05, 3.63) is 72.1 Å². The average molecular weight is 486 g/mol. The molecule has 2 amide bonds. The Kier molecular flexibility index (Phi) is 6.75. The molecule has 11 heteroatoms. The number of nitrogens with one attached hydrogen (secondary N) is 2. The van der Waals surface area contributed by atoms with E-state index in [0.717, 1.165) is 31.4 Å². The molecule has 3 aromatic rings. The van der Waals surface area contributed by atoms with Gasteiger partial charge in [0.25, 0.3) is 11.8 Å². The van der Waals surface area contributed by atoms with Crippen LogP contribution in [0.15, 0.2) is 59.8 Å². The number of carbonyl (C=O) groups excluding carboxylic acids is 2. The number of hydrogen-bond acceptors (Lipinski definition) is 5. The summed E-state index contributed by atoms with van der Waals surface area (Å²) in [5.41, 5.74) is 0.414. The number of halogens is 1. The molecule has 1 aliphatic rings. The summed E-state index contributed by atoms with van der Waals surface area (Å²) in [6, 6.07) is 9.68. The van der Waals surface area contributed by atoms with Crippen LogP contribution in [0, 0.1) is 5.82 Å². The molecule has 2 N–H and O–H groups in total. The van der Waals surface area contributed by atoms with Crippen LogP contribution in [0.2, 0.25) is 0 Å². The van der Waals surface area contributed by atoms with Crippen LogP contribution >= 0.6 is 0 Å². The van der Waals surface area contributed by atoms with Crippen LogP contribution < -0.4 is 10.6 Å². The highest BCUT2D eigenvalue weighted by atomic mass is 32.2. The van der Waals surface area contributed by atoms with E-state index in [-0.39, 0.29) is 27.7 Å². The van der Waals surface area contributed by atoms with Crippen molar-refractivity contribution < 1.29 is 22.4 Å². The fourth-order valence-electron chi connectivity index (χ4n) is 3.75. The summed E-state index contributed by atoms with van der Waals surface area (Å²) < 4.78 is 42.7. The van der Waals surface area contributed by atoms with Crippen molar-refractivity contribution in [1.82, 2.24) is 13.9 Å². The smallest absolute Gasteiger partial charge is 0.274 e. The van der Waals surface area contributed by atoms with Gasteiger partial charge in [-0.1, -0.05) is 12.5 Å². The van der Waals surface area contributed by atoms with E-state index in [1.54, 1.807) is 19.2 Å². The maximum absolute atomic E-state index is 13.9. The third-order valence-electron chi connectivity index (χ3n) is 5.54. The lowest BCUT2D eigenvalue weighted by atomic mass is 10.2. The predicted molar refractivity (Wildman–Crippen MR) is 125 cm³/mol. The van der Waals surface area contributed by atoms with Crippen LogP contribution in [0.3, 0.4) is 0 Å². The van der Waals surface area contributed by atoms with E-state index in [0.29, 0.717) is 13.1 Å². The van der Waals surface area contributed by atoms with Gasteiger partial charge in [-0.3, -0.25) is 14.6 Å². The number of anilines is 2. The van der Waals surface area contributed by atoms with Gasteiger partial charge in [-0.2, -0.15) is 4.31 Å². The van der Waals surface area contributed by atoms with Gasteiger partial charge in [-0.05, 0) is 49.2 Å². The van der Waals surface area contributed by atoms with Gasteiger partial charge < -0.3 is 15.2 Å². The molecule has 0 bridgehead atoms. The number of carbonyl (C=O) groups is 2. The van der Waals surface area contributed by atoms with E-state index in [1.165, 1.54) is 39.5 Å². The normalized spacial score (nSPS) is 14.5. The summed E-state index contributed by atoms with van der Waals surface area (Å²) in [7, 11) is -2.17. The second-order valence-corrected chi connectivity index (χ2v) is 9.89. The average Bonchev–Trinajstić information content (AvgIpc) is 3.24. The minimum Gasteiger partial charge on any atom is -0.345 e. The number of rotatable bonds is 6. The van der Waals surface area contributed by atoms with Crippen molar-refractivity contribution in [3.8, 4) is 0 Å². The molecule has 0 radical (unpaired) electrons. The molecule has 2 aromatic heterocycles. The molecule has 0 saturated carbocycles. The lowest BCUT2D eigenvalue weighted by Gasteiger charge is -2.25. The Morgan fingerprint density at radius 3 is 2.41 bits per heavy atom. The highest BCUT2D eigenvalue weighted by Gasteiger charge is 2.28. The first-order valence-electron chi connectivity index (χ1n) is 10.8. The van der Waals surface area contributed by atoms with Crippen LogP contribution in [0.5, 0.6) is 0 Å². The molecule has 34 heavy (non-hydrogen) atoms. The highest BCUT2D eigenvalue weighted by molar-refractivity contribution is 7.89. The molecule has 9 nitrogen and oxygen atoms in total. The fraction of sp³-hybridized carbons (Fsp3) is 0.261. The van der Waals surface area contributed by atoms with E-state index in [9.17, 15) is 22.4 Å². The van der Waals surface area contributed by atoms with Gasteiger partial charge in [0.2, 0.25) is 10.0 Å². The minimum atomic E-state index is -3.72. The minimum absolute atomic E-state index is 0.0185. The Morgan fingerprint density at radius 1 is 0.971 bits per heavy atom. The number of aryl methyl sites for hydroxylation is 1. The molecule has 1 aromatic carbocycles. The van der Waals surface area contributed by atoms with E-state index < -0.39 is 27.7 Å². The first-order valence-corrected chi connectivity index (χ1v) is 12.2. The Hall–Kier alpha value is -3.57. The van der Waals surface area contributed by atoms with Crippen molar-refractivity contribution in [2.75, 3.05) is 23.7 Å². The van der Waals surface area contributed by atoms with Crippen LogP contribution in [0.1, 0.15) is 40.2 Å². The number of nitrogens with zero attached hydrogens (tertiary/aromatic N) is 3. The van der Waals surface area contributed by atoms with E-state index in [4.69, 9.17) is 0 Å². The molecule has 178 valence electrons. The summed E-state index contributed by atoms with van der Waals surface area (Å²) >= 11 is 0. The SMILES string of the molecule is Cn1cc(S(=O)(=O)N2CCCCC2)cc1C(=O)Nc1cc(F)ccc1NC(=O)c1ccccn1. The number of hydrogen-bond donors (Lipinski definition) is 2. The van der Waals surface area contributed by atoms with Gasteiger partial charge in [0.05, 0.1) is 11.4 Å². The van der Waals surface area contributed by atoms with Crippen molar-refractivity contribution in [3.63, 3.8) is 0 Å². The molecule has 0 spiro atoms. The molecule has 4 rings (SSSR count). The topological polar surface area (TPSA) is 113 Å². The summed E-state index contributed by atoms with van der Waals surface area (Å²) in [5, 5.41) is 5.17. The van der Waals surface area contributed by atoms with E-state index in [2.05, 4.69) is 15.6 Å². The lowest BCUT2D eigenvalue weighted by molar-refractivity contribution is 0.101. The molecule has 1 fully saturated rings. The second kappa shape index (κ2) is 9.74. The third-order valence-corrected chi connectivity index (χ3v) is 7.40. The zero-order valence-electron chi connectivity index (χ0n) is 18.5. The van der Waals surface area contributed by atoms with Crippen molar-refractivity contribution >= 4 is 33.2 Å². The van der Waals surface area contributed by atoms with E-state index >= 15 is 0 Å². The molecule has 0 atom stereocenters. The summed E-state index contributed by atoms with van der Waals surface area (Å²) in [6.45, 7) is 0.892. The van der Waals surface area contributed by atoms with Gasteiger partial charge in [0.1, 0.15) is 22.1 Å². The molecule has 1 saturated heterocycles. The molecule has 1 aliphatic heterocycles. The lowest BCUT2D eigenvalue weighted by Crippen LogP contribution is -2.35. The standard InChI is InChI=1S/C23H24FN5O4S/c1-28-15-17(34(32,33)29-11-5-2-6-12-29)14-21(28)23(31)27-20-13-16(24)8-9-18(20)26-22(30)19-7-3-4-10-25-19/h3-4,7-10,13-15H,2,5-6,11-12H2,1H3,(H,26,30)(H,27,31). The number of amides is 2. The molecule has 0 unspecified atom stereocenters. The number of sulfonamides is 1. The Bertz CT molecular complexity index is 1320. The molecule has 3 heterocycles. The quantitative estimate of drug-likeness (QED) is 0.557. The first kappa shape index (κ1) is 23.6. The fourth-order valence-corrected chi connectivity index (χ4v) is 5.34. The van der Waals surface area contributed by atoms with Crippen molar-refractivity contribution in [2.45, 2.75) is 24.2 Å². The number of pyridine rings is 1. The van der Waals surface area contributed by atoms with Gasteiger partial charge >= 0.3 is 0 Å². The number of aromatic nitrogens is 2. The van der Waals surface area contributed by atoms with Crippen molar-refractivity contribution in [1.29, 1.82) is 0 Å². The third kappa shape index (κ3) is 5.00. The zero-order valence-corrected chi connectivity index (χ0v) is 19.3. The van der Waals surface area contributed by atoms with Crippen LogP contribution in [-0.2, 0) is 17.1 Å². The van der Waals surface area contributed by atoms with Gasteiger partial charge in [-0.25, -0.2) is 12.8 Å². The Labute approximate surface area is 196 Å². The first-order chi connectivity index (χ1) is 16.3. The van der Waals surface area contributed by atoms with Crippen LogP contribution in [0.4, 0.5) is 15.8 Å². The van der Waals surface area contributed by atoms with Gasteiger partial charge in [0, 0.05) is 32.5 Å². The second-order valence-electron chi connectivity index (χ2n) is 7.95. The summed E-state index contributed by atoms with van der Waals surface area (Å²) in [5.74, 6) is -1.80. The van der Waals surface area contributed by atoms with Gasteiger partial charge in [-0.15, -0.1) is 0 Å². The molecule has 0 aliphatic carbocycles. The van der Waals surface area contributed by atoms with Crippen molar-refractivity contribution in [2.24, 2.45) is 7.05 Å². The molecular formula is C23H24FN5O4S. The van der Waals surface area contributed by atoms with Crippen LogP contribution in [0.25, 0.3) is 0 Å². The maximum atomic E-state index is 13.9. The Morgan fingerprint density at radius 2 is 1.71 bits per heavy atom. The maximum Gasteiger partial charge on any atom is 0.274 e. The zero-order chi connectivity index (χ0) is 24.3. The largest absolute Gasteiger partial charge is 0.345 e. The summed E-state index contributed by atoms with van der Waals surface area (Å²) in [4.78, 5) is 29.4. The Balaban J connectivity index is 1.56. The highest BCUT2D eigenvalue weighted by Crippen LogP contribution is 2.26. The monoisotopic (exact) mass is 485 g/mol. The van der Waals surface area contributed by atoms with Crippen LogP contribution in [-0.4, -0.2) is 47.2 Å². The molecular weight excluding hydrogens is 461 g/mol. The van der Waals surface area contributed by atoms with Gasteiger partial charge in [0.15, 0.2) is 0 Å². The number of piperidine rings is 1. The van der Waals surface area contributed by atoms with E-state index in [1.807, 2.05) is 0 Å². The number of benzene rings is 1. The predicted octanol–water partition coefficient (Wildman–Crippen LogP) is 3.24. The summed E-state index contributed by atoms with van der Waals surface area (Å²) in [6.07, 6.45) is 5.43.